The highest BCUT2D eigenvalue weighted by Gasteiger charge is 2.03. The summed E-state index contributed by atoms with van der Waals surface area (Å²) in [6.07, 6.45) is 0. The van der Waals surface area contributed by atoms with E-state index in [4.69, 9.17) is 10.3 Å². The molecule has 9 nitrogen and oxygen atoms in total. The Balaban J connectivity index is 2.93. The maximum absolute atomic E-state index is 8.30. The molecule has 0 atom stereocenters. The molecule has 16 heavy (non-hydrogen) atoms. The Morgan fingerprint density at radius 1 is 1.31 bits per heavy atom. The van der Waals surface area contributed by atoms with E-state index in [1.165, 1.54) is 7.11 Å². The number of nitrogens with one attached hydrogen (secondary N) is 2. The summed E-state index contributed by atoms with van der Waals surface area (Å²) in [5.74, 6) is 0.640. The lowest BCUT2D eigenvalue weighted by Crippen LogP contribution is -2.10. The van der Waals surface area contributed by atoms with Gasteiger partial charge in [0.15, 0.2) is 0 Å². The van der Waals surface area contributed by atoms with E-state index in [1.807, 2.05) is 6.92 Å². The number of methoxy groups -OCH3 is 1. The zero-order chi connectivity index (χ0) is 11.8. The molecule has 0 amide bonds. The second-order valence-corrected chi connectivity index (χ2v) is 2.61. The van der Waals surface area contributed by atoms with Gasteiger partial charge in [-0.1, -0.05) is 0 Å². The van der Waals surface area contributed by atoms with Gasteiger partial charge in [0.25, 0.3) is 0 Å². The minimum atomic E-state index is 0.00653. The van der Waals surface area contributed by atoms with Crippen LogP contribution in [0.2, 0.25) is 0 Å². The summed E-state index contributed by atoms with van der Waals surface area (Å²) in [6, 6.07) is 0. The van der Waals surface area contributed by atoms with Gasteiger partial charge >= 0.3 is 0 Å². The number of azide groups is 1. The minimum Gasteiger partial charge on any atom is -0.364 e. The first kappa shape index (κ1) is 12.0. The highest BCUT2D eigenvalue weighted by Crippen LogP contribution is 2.11. The summed E-state index contributed by atoms with van der Waals surface area (Å²) in [7, 11) is 1.54. The average Bonchev–Trinajstić information content (AvgIpc) is 2.27. The molecule has 0 aliphatic heterocycles. The van der Waals surface area contributed by atoms with Crippen molar-refractivity contribution >= 4 is 17.8 Å². The van der Waals surface area contributed by atoms with Gasteiger partial charge in [0.05, 0.1) is 0 Å². The fourth-order valence-electron chi connectivity index (χ4n) is 0.902. The highest BCUT2D eigenvalue weighted by molar-refractivity contribution is 5.39. The third-order valence-corrected chi connectivity index (χ3v) is 1.47. The third-order valence-electron chi connectivity index (χ3n) is 1.47. The topological polar surface area (TPSA) is 121 Å². The zero-order valence-corrected chi connectivity index (χ0v) is 9.01. The van der Waals surface area contributed by atoms with Crippen LogP contribution in [-0.2, 0) is 4.74 Å². The van der Waals surface area contributed by atoms with Crippen molar-refractivity contribution in [3.8, 4) is 0 Å². The monoisotopic (exact) mass is 224 g/mol. The normalized spacial score (nSPS) is 9.38. The fourth-order valence-corrected chi connectivity index (χ4v) is 0.902. The van der Waals surface area contributed by atoms with E-state index in [0.717, 1.165) is 0 Å². The predicted octanol–water partition coefficient (Wildman–Crippen LogP) is 1.26. The first-order valence-electron chi connectivity index (χ1n) is 4.58. The smallest absolute Gasteiger partial charge is 0.229 e. The van der Waals surface area contributed by atoms with Crippen molar-refractivity contribution < 1.29 is 4.74 Å². The van der Waals surface area contributed by atoms with Gasteiger partial charge in [-0.25, -0.2) is 0 Å². The summed E-state index contributed by atoms with van der Waals surface area (Å²) < 4.78 is 4.81. The number of ether oxygens (including phenoxy) is 1. The van der Waals surface area contributed by atoms with Crippen LogP contribution in [0.5, 0.6) is 0 Å². The minimum absolute atomic E-state index is 0.00653. The molecule has 1 rings (SSSR count). The Hall–Kier alpha value is -2.12. The third kappa shape index (κ3) is 3.56. The quantitative estimate of drug-likeness (QED) is 0.324. The molecule has 0 unspecified atom stereocenters. The van der Waals surface area contributed by atoms with E-state index in [2.05, 4.69) is 35.6 Å². The first-order chi connectivity index (χ1) is 7.80. The van der Waals surface area contributed by atoms with Gasteiger partial charge in [-0.3, -0.25) is 0 Å². The molecule has 86 valence electrons. The zero-order valence-electron chi connectivity index (χ0n) is 9.01. The Morgan fingerprint density at radius 3 is 2.56 bits per heavy atom. The van der Waals surface area contributed by atoms with Crippen LogP contribution in [-0.4, -0.2) is 35.3 Å². The van der Waals surface area contributed by atoms with Crippen LogP contribution in [0.1, 0.15) is 6.92 Å². The standard InChI is InChI=1S/C7H12N8O/c1-3-9-5-11-6(10-4-16-2)13-7(12-5)14-15-8/h3-4H2,1-2H3,(H2,9,10,11,12,13). The van der Waals surface area contributed by atoms with Crippen LogP contribution < -0.4 is 10.6 Å². The molecule has 0 aliphatic carbocycles. The van der Waals surface area contributed by atoms with Crippen molar-refractivity contribution in [2.45, 2.75) is 6.92 Å². The van der Waals surface area contributed by atoms with Gasteiger partial charge in [0.2, 0.25) is 17.8 Å². The molecule has 1 aromatic heterocycles. The van der Waals surface area contributed by atoms with Crippen molar-refractivity contribution in [1.82, 2.24) is 15.0 Å². The second kappa shape index (κ2) is 6.38. The van der Waals surface area contributed by atoms with Crippen LogP contribution in [0.3, 0.4) is 0 Å². The summed E-state index contributed by atoms with van der Waals surface area (Å²) in [5.41, 5.74) is 8.30. The van der Waals surface area contributed by atoms with E-state index in [0.29, 0.717) is 12.5 Å². The summed E-state index contributed by atoms with van der Waals surface area (Å²) in [4.78, 5) is 14.4. The molecule has 1 heterocycles. The Bertz CT molecular complexity index is 388. The summed E-state index contributed by atoms with van der Waals surface area (Å²) in [6.45, 7) is 2.81. The van der Waals surface area contributed by atoms with Gasteiger partial charge in [0, 0.05) is 18.6 Å². The summed E-state index contributed by atoms with van der Waals surface area (Å²) >= 11 is 0. The molecule has 0 radical (unpaired) electrons. The maximum atomic E-state index is 8.30. The Morgan fingerprint density at radius 2 is 2.00 bits per heavy atom. The average molecular weight is 224 g/mol. The van der Waals surface area contributed by atoms with Gasteiger partial charge in [0.1, 0.15) is 6.73 Å². The molecule has 0 saturated carbocycles. The second-order valence-electron chi connectivity index (χ2n) is 2.61. The van der Waals surface area contributed by atoms with Crippen molar-refractivity contribution in [1.29, 1.82) is 0 Å². The number of nitrogens with zero attached hydrogens (tertiary/aromatic N) is 6. The van der Waals surface area contributed by atoms with Crippen LogP contribution in [0.4, 0.5) is 17.8 Å². The van der Waals surface area contributed by atoms with Crippen LogP contribution in [0.15, 0.2) is 5.11 Å². The maximum Gasteiger partial charge on any atom is 0.229 e. The number of hydrogen-bond acceptors (Lipinski definition) is 7. The molecular weight excluding hydrogens is 212 g/mol. The number of rotatable bonds is 6. The van der Waals surface area contributed by atoms with E-state index in [1.54, 1.807) is 0 Å². The SMILES string of the molecule is CCNc1nc(N=[N+]=[N-])nc(NCOC)n1. The number of hydrogen-bond donors (Lipinski definition) is 2. The molecule has 2 N–H and O–H groups in total. The predicted molar refractivity (Wildman–Crippen MR) is 58.3 cm³/mol. The molecule has 0 saturated heterocycles. The molecule has 0 aliphatic rings. The van der Waals surface area contributed by atoms with Crippen molar-refractivity contribution in [2.24, 2.45) is 5.11 Å². The molecule has 9 heteroatoms. The van der Waals surface area contributed by atoms with Gasteiger partial charge in [-0.05, 0) is 17.6 Å². The highest BCUT2D eigenvalue weighted by atomic mass is 16.5. The Kier molecular flexibility index (Phi) is 4.77. The van der Waals surface area contributed by atoms with Crippen molar-refractivity contribution in [2.75, 3.05) is 31.0 Å². The summed E-state index contributed by atoms with van der Waals surface area (Å²) in [5, 5.41) is 9.00. The molecule has 0 bridgehead atoms. The van der Waals surface area contributed by atoms with Crippen LogP contribution >= 0.6 is 0 Å². The fraction of sp³-hybridized carbons (Fsp3) is 0.571. The van der Waals surface area contributed by atoms with Crippen molar-refractivity contribution in [3.63, 3.8) is 0 Å². The van der Waals surface area contributed by atoms with Crippen LogP contribution in [0, 0.1) is 0 Å². The van der Waals surface area contributed by atoms with E-state index >= 15 is 0 Å². The van der Waals surface area contributed by atoms with Gasteiger partial charge in [-0.2, -0.15) is 15.0 Å². The van der Waals surface area contributed by atoms with E-state index < -0.39 is 0 Å². The Labute approximate surface area is 91.9 Å². The molecule has 0 fully saturated rings. The molecule has 1 aromatic rings. The van der Waals surface area contributed by atoms with Gasteiger partial charge < -0.3 is 15.4 Å². The van der Waals surface area contributed by atoms with Crippen molar-refractivity contribution in [3.05, 3.63) is 10.4 Å². The molecular formula is C7H12N8O. The van der Waals surface area contributed by atoms with E-state index in [-0.39, 0.29) is 18.6 Å². The van der Waals surface area contributed by atoms with E-state index in [9.17, 15) is 0 Å². The number of anilines is 2. The molecule has 0 aromatic carbocycles. The largest absolute Gasteiger partial charge is 0.364 e. The van der Waals surface area contributed by atoms with Gasteiger partial charge in [-0.15, -0.1) is 0 Å². The lowest BCUT2D eigenvalue weighted by atomic mass is 10.7. The first-order valence-corrected chi connectivity index (χ1v) is 4.58. The lowest BCUT2D eigenvalue weighted by Gasteiger charge is -2.06. The van der Waals surface area contributed by atoms with Crippen LogP contribution in [0.25, 0.3) is 10.4 Å². The number of aromatic nitrogens is 3. The lowest BCUT2D eigenvalue weighted by molar-refractivity contribution is 0.220. The molecule has 0 spiro atoms.